The van der Waals surface area contributed by atoms with Crippen molar-refractivity contribution in [1.82, 2.24) is 10.2 Å². The third kappa shape index (κ3) is 6.13. The summed E-state index contributed by atoms with van der Waals surface area (Å²) in [5.74, 6) is -2.42. The SMILES string of the molecule is CCOC(=O)CCCNC(=O)COC(=O)CCN1C(=O)c2ccc(C)cc2C1=O. The smallest absolute Gasteiger partial charge is 0.308 e. The Hall–Kier alpha value is -3.23. The van der Waals surface area contributed by atoms with E-state index in [-0.39, 0.29) is 31.9 Å². The molecule has 1 heterocycles. The highest BCUT2D eigenvalue weighted by atomic mass is 16.5. The van der Waals surface area contributed by atoms with E-state index in [1.807, 2.05) is 6.92 Å². The van der Waals surface area contributed by atoms with Crippen LogP contribution in [0, 0.1) is 6.92 Å². The van der Waals surface area contributed by atoms with Crippen LogP contribution in [0.25, 0.3) is 0 Å². The first-order valence-electron chi connectivity index (χ1n) is 9.38. The van der Waals surface area contributed by atoms with E-state index >= 15 is 0 Å². The lowest BCUT2D eigenvalue weighted by atomic mass is 10.1. The van der Waals surface area contributed by atoms with Crippen molar-refractivity contribution in [2.75, 3.05) is 26.3 Å². The fourth-order valence-corrected chi connectivity index (χ4v) is 2.77. The number of imide groups is 1. The third-order valence-corrected chi connectivity index (χ3v) is 4.22. The maximum absolute atomic E-state index is 12.3. The Labute approximate surface area is 168 Å². The normalized spacial score (nSPS) is 12.6. The highest BCUT2D eigenvalue weighted by Crippen LogP contribution is 2.23. The second kappa shape index (κ2) is 10.4. The van der Waals surface area contributed by atoms with E-state index in [0.717, 1.165) is 10.5 Å². The average molecular weight is 404 g/mol. The number of nitrogens with zero attached hydrogens (tertiary/aromatic N) is 1. The van der Waals surface area contributed by atoms with Gasteiger partial charge in [-0.1, -0.05) is 11.6 Å². The monoisotopic (exact) mass is 404 g/mol. The number of rotatable bonds is 10. The highest BCUT2D eigenvalue weighted by Gasteiger charge is 2.35. The summed E-state index contributed by atoms with van der Waals surface area (Å²) in [4.78, 5) is 60.2. The highest BCUT2D eigenvalue weighted by molar-refractivity contribution is 6.21. The van der Waals surface area contributed by atoms with Gasteiger partial charge < -0.3 is 14.8 Å². The molecular formula is C20H24N2O7. The fourth-order valence-electron chi connectivity index (χ4n) is 2.77. The molecule has 0 radical (unpaired) electrons. The number of esters is 2. The summed E-state index contributed by atoms with van der Waals surface area (Å²) in [6.07, 6.45) is 0.395. The Morgan fingerprint density at radius 2 is 1.69 bits per heavy atom. The number of hydrogen-bond acceptors (Lipinski definition) is 7. The molecule has 0 fully saturated rings. The number of fused-ring (bicyclic) bond motifs is 1. The Balaban J connectivity index is 1.67. The molecular weight excluding hydrogens is 380 g/mol. The quantitative estimate of drug-likeness (QED) is 0.351. The van der Waals surface area contributed by atoms with Crippen molar-refractivity contribution in [2.45, 2.75) is 33.1 Å². The number of nitrogens with one attached hydrogen (secondary N) is 1. The van der Waals surface area contributed by atoms with Crippen LogP contribution in [0.15, 0.2) is 18.2 Å². The molecule has 3 amide bonds. The van der Waals surface area contributed by atoms with Crippen molar-refractivity contribution in [1.29, 1.82) is 0 Å². The minimum Gasteiger partial charge on any atom is -0.466 e. The topological polar surface area (TPSA) is 119 Å². The summed E-state index contributed by atoms with van der Waals surface area (Å²) in [5.41, 5.74) is 1.50. The fraction of sp³-hybridized carbons (Fsp3) is 0.450. The minimum absolute atomic E-state index is 0.120. The molecule has 0 aliphatic carbocycles. The first-order chi connectivity index (χ1) is 13.8. The van der Waals surface area contributed by atoms with Gasteiger partial charge in [0.15, 0.2) is 6.61 Å². The number of ether oxygens (including phenoxy) is 2. The van der Waals surface area contributed by atoms with Gasteiger partial charge in [0.25, 0.3) is 17.7 Å². The number of carbonyl (C=O) groups excluding carboxylic acids is 5. The molecule has 1 aliphatic rings. The molecule has 0 aromatic heterocycles. The van der Waals surface area contributed by atoms with Gasteiger partial charge >= 0.3 is 11.9 Å². The number of aryl methyl sites for hydroxylation is 1. The van der Waals surface area contributed by atoms with Gasteiger partial charge in [-0.3, -0.25) is 28.9 Å². The minimum atomic E-state index is -0.695. The van der Waals surface area contributed by atoms with Crippen LogP contribution in [-0.4, -0.2) is 60.9 Å². The summed E-state index contributed by atoms with van der Waals surface area (Å²) in [5, 5.41) is 2.52. The van der Waals surface area contributed by atoms with Crippen LogP contribution in [0.3, 0.4) is 0 Å². The van der Waals surface area contributed by atoms with E-state index in [9.17, 15) is 24.0 Å². The molecule has 0 atom stereocenters. The van der Waals surface area contributed by atoms with E-state index in [4.69, 9.17) is 9.47 Å². The summed E-state index contributed by atoms with van der Waals surface area (Å²) < 4.78 is 9.62. The molecule has 2 rings (SSSR count). The van der Waals surface area contributed by atoms with Crippen LogP contribution in [0.2, 0.25) is 0 Å². The predicted molar refractivity (Wildman–Crippen MR) is 101 cm³/mol. The molecule has 0 bridgehead atoms. The molecule has 1 aromatic rings. The zero-order chi connectivity index (χ0) is 21.4. The van der Waals surface area contributed by atoms with Crippen LogP contribution in [0.4, 0.5) is 0 Å². The average Bonchev–Trinajstić information content (AvgIpc) is 2.92. The van der Waals surface area contributed by atoms with E-state index < -0.39 is 30.3 Å². The molecule has 9 nitrogen and oxygen atoms in total. The zero-order valence-corrected chi connectivity index (χ0v) is 16.5. The Bertz CT molecular complexity index is 819. The first kappa shape index (κ1) is 22.1. The molecule has 0 spiro atoms. The molecule has 0 saturated carbocycles. The van der Waals surface area contributed by atoms with Crippen molar-refractivity contribution in [3.63, 3.8) is 0 Å². The molecule has 1 aromatic carbocycles. The zero-order valence-electron chi connectivity index (χ0n) is 16.5. The van der Waals surface area contributed by atoms with E-state index in [2.05, 4.69) is 5.32 Å². The summed E-state index contributed by atoms with van der Waals surface area (Å²) >= 11 is 0. The van der Waals surface area contributed by atoms with Crippen LogP contribution in [0.5, 0.6) is 0 Å². The van der Waals surface area contributed by atoms with E-state index in [1.54, 1.807) is 25.1 Å². The second-order valence-electron chi connectivity index (χ2n) is 6.48. The van der Waals surface area contributed by atoms with Crippen molar-refractivity contribution in [3.8, 4) is 0 Å². The number of amides is 3. The number of benzene rings is 1. The third-order valence-electron chi connectivity index (χ3n) is 4.22. The van der Waals surface area contributed by atoms with Gasteiger partial charge in [0.1, 0.15) is 0 Å². The van der Waals surface area contributed by atoms with Crippen LogP contribution in [0.1, 0.15) is 52.5 Å². The second-order valence-corrected chi connectivity index (χ2v) is 6.48. The molecule has 0 unspecified atom stereocenters. The van der Waals surface area contributed by atoms with Crippen molar-refractivity contribution < 1.29 is 33.4 Å². The lowest BCUT2D eigenvalue weighted by molar-refractivity contribution is -0.148. The molecule has 29 heavy (non-hydrogen) atoms. The summed E-state index contributed by atoms with van der Waals surface area (Å²) in [7, 11) is 0. The summed E-state index contributed by atoms with van der Waals surface area (Å²) in [6.45, 7) is 3.50. The predicted octanol–water partition coefficient (Wildman–Crippen LogP) is 0.984. The largest absolute Gasteiger partial charge is 0.466 e. The van der Waals surface area contributed by atoms with Gasteiger partial charge in [0.2, 0.25) is 0 Å². The first-order valence-corrected chi connectivity index (χ1v) is 9.38. The molecule has 1 aliphatic heterocycles. The van der Waals surface area contributed by atoms with E-state index in [1.165, 1.54) is 0 Å². The lowest BCUT2D eigenvalue weighted by Gasteiger charge is -2.13. The van der Waals surface area contributed by atoms with Gasteiger partial charge in [-0.2, -0.15) is 0 Å². The van der Waals surface area contributed by atoms with Gasteiger partial charge in [-0.25, -0.2) is 0 Å². The maximum atomic E-state index is 12.3. The van der Waals surface area contributed by atoms with Gasteiger partial charge in [0, 0.05) is 19.5 Å². The standard InChI is InChI=1S/C20H24N2O7/c1-3-28-17(24)5-4-9-21-16(23)12-29-18(25)8-10-22-19(26)14-7-6-13(2)11-15(14)20(22)27/h6-7,11H,3-5,8-10,12H2,1-2H3,(H,21,23). The van der Waals surface area contributed by atoms with Gasteiger partial charge in [-0.05, 0) is 32.4 Å². The Morgan fingerprint density at radius 1 is 1.00 bits per heavy atom. The van der Waals surface area contributed by atoms with Crippen molar-refractivity contribution in [2.24, 2.45) is 0 Å². The van der Waals surface area contributed by atoms with Gasteiger partial charge in [0.05, 0.1) is 24.2 Å². The number of hydrogen-bond donors (Lipinski definition) is 1. The maximum Gasteiger partial charge on any atom is 0.308 e. The Morgan fingerprint density at radius 3 is 2.41 bits per heavy atom. The van der Waals surface area contributed by atoms with Gasteiger partial charge in [-0.15, -0.1) is 0 Å². The lowest BCUT2D eigenvalue weighted by Crippen LogP contribution is -2.33. The van der Waals surface area contributed by atoms with Crippen LogP contribution >= 0.6 is 0 Å². The van der Waals surface area contributed by atoms with E-state index in [0.29, 0.717) is 24.2 Å². The van der Waals surface area contributed by atoms with Crippen LogP contribution < -0.4 is 5.32 Å². The van der Waals surface area contributed by atoms with Crippen molar-refractivity contribution in [3.05, 3.63) is 34.9 Å². The van der Waals surface area contributed by atoms with Crippen LogP contribution in [-0.2, 0) is 23.9 Å². The number of carbonyl (C=O) groups is 5. The molecule has 9 heteroatoms. The molecule has 1 N–H and O–H groups in total. The molecule has 156 valence electrons. The van der Waals surface area contributed by atoms with Crippen molar-refractivity contribution >= 4 is 29.7 Å². The Kier molecular flexibility index (Phi) is 7.88. The summed E-state index contributed by atoms with van der Waals surface area (Å²) in [6, 6.07) is 4.98. The molecule has 0 saturated heterocycles.